The Bertz CT molecular complexity index is 826. The molecule has 24 heavy (non-hydrogen) atoms. The van der Waals surface area contributed by atoms with Crippen LogP contribution < -0.4 is 5.43 Å². The topological polar surface area (TPSA) is 61.7 Å². The number of nitrogens with one attached hydrogen (secondary N) is 1. The Kier molecular flexibility index (Phi) is 5.47. The molecule has 5 heteroatoms. The molecule has 0 aliphatic carbocycles. The van der Waals surface area contributed by atoms with Gasteiger partial charge < -0.3 is 5.11 Å². The van der Waals surface area contributed by atoms with Gasteiger partial charge in [0.25, 0.3) is 5.91 Å². The number of carbonyl (C=O) groups excluding carboxylic acids is 1. The summed E-state index contributed by atoms with van der Waals surface area (Å²) in [5.41, 5.74) is 5.16. The number of benzene rings is 2. The molecule has 0 spiro atoms. The summed E-state index contributed by atoms with van der Waals surface area (Å²) in [5, 5.41) is 14.4. The monoisotopic (exact) mass is 326 g/mol. The maximum absolute atomic E-state index is 13.1. The van der Waals surface area contributed by atoms with E-state index in [1.54, 1.807) is 13.0 Å². The second-order valence-corrected chi connectivity index (χ2v) is 5.34. The molecule has 2 N–H and O–H groups in total. The van der Waals surface area contributed by atoms with E-state index in [0.717, 1.165) is 11.6 Å². The van der Waals surface area contributed by atoms with E-state index in [2.05, 4.69) is 10.5 Å². The van der Waals surface area contributed by atoms with Gasteiger partial charge in [-0.15, -0.1) is 0 Å². The third-order valence-electron chi connectivity index (χ3n) is 3.57. The molecule has 2 aromatic rings. The predicted octanol–water partition coefficient (Wildman–Crippen LogP) is 4.03. The van der Waals surface area contributed by atoms with Crippen molar-refractivity contribution in [1.82, 2.24) is 5.43 Å². The predicted molar refractivity (Wildman–Crippen MR) is 93.6 cm³/mol. The van der Waals surface area contributed by atoms with Crippen LogP contribution in [-0.2, 0) is 0 Å². The number of hydrogen-bond acceptors (Lipinski definition) is 3. The fraction of sp³-hybridized carbons (Fsp3) is 0.158. The third kappa shape index (κ3) is 3.87. The van der Waals surface area contributed by atoms with Crippen LogP contribution in [0.15, 0.2) is 47.6 Å². The van der Waals surface area contributed by atoms with E-state index in [4.69, 9.17) is 0 Å². The second kappa shape index (κ2) is 7.55. The average Bonchev–Trinajstić information content (AvgIpc) is 2.56. The number of hydrazone groups is 1. The van der Waals surface area contributed by atoms with Crippen LogP contribution in [0.2, 0.25) is 0 Å². The number of allylic oxidation sites excluding steroid dienone is 1. The maximum Gasteiger partial charge on any atom is 0.271 e. The molecule has 0 aromatic heterocycles. The van der Waals surface area contributed by atoms with Crippen molar-refractivity contribution in [2.24, 2.45) is 5.10 Å². The van der Waals surface area contributed by atoms with Gasteiger partial charge in [0.15, 0.2) is 0 Å². The summed E-state index contributed by atoms with van der Waals surface area (Å²) in [5.74, 6) is -0.904. The lowest BCUT2D eigenvalue weighted by molar-refractivity contribution is 0.0954. The molecular weight excluding hydrogens is 307 g/mol. The minimum atomic E-state index is -0.519. The summed E-state index contributed by atoms with van der Waals surface area (Å²) < 4.78 is 13.1. The third-order valence-corrected chi connectivity index (χ3v) is 3.57. The second-order valence-electron chi connectivity index (χ2n) is 5.34. The number of halogens is 1. The van der Waals surface area contributed by atoms with E-state index in [-0.39, 0.29) is 11.3 Å². The molecular formula is C19H19FN2O2. The SMILES string of the molecule is C/C=C\c1c(C)ccc(/C(C)=N/NC(=O)c2cccc(F)c2)c1O. The van der Waals surface area contributed by atoms with Crippen molar-refractivity contribution in [2.75, 3.05) is 0 Å². The van der Waals surface area contributed by atoms with Gasteiger partial charge in [-0.05, 0) is 50.6 Å². The molecule has 1 amide bonds. The van der Waals surface area contributed by atoms with Crippen LogP contribution in [-0.4, -0.2) is 16.7 Å². The molecule has 4 nitrogen and oxygen atoms in total. The summed E-state index contributed by atoms with van der Waals surface area (Å²) in [6.45, 7) is 5.44. The Labute approximate surface area is 140 Å². The lowest BCUT2D eigenvalue weighted by Crippen LogP contribution is -2.19. The molecule has 0 heterocycles. The Morgan fingerprint density at radius 3 is 2.71 bits per heavy atom. The van der Waals surface area contributed by atoms with Gasteiger partial charge in [-0.1, -0.05) is 24.3 Å². The molecule has 0 atom stereocenters. The molecule has 0 unspecified atom stereocenters. The fourth-order valence-electron chi connectivity index (χ4n) is 2.27. The zero-order valence-electron chi connectivity index (χ0n) is 13.8. The lowest BCUT2D eigenvalue weighted by Gasteiger charge is -2.10. The molecule has 0 aliphatic rings. The Balaban J connectivity index is 2.25. The number of phenols is 1. The van der Waals surface area contributed by atoms with Gasteiger partial charge in [-0.2, -0.15) is 5.10 Å². The van der Waals surface area contributed by atoms with Crippen LogP contribution >= 0.6 is 0 Å². The largest absolute Gasteiger partial charge is 0.507 e. The summed E-state index contributed by atoms with van der Waals surface area (Å²) >= 11 is 0. The van der Waals surface area contributed by atoms with Crippen molar-refractivity contribution in [2.45, 2.75) is 20.8 Å². The minimum absolute atomic E-state index is 0.106. The van der Waals surface area contributed by atoms with E-state index in [1.165, 1.54) is 18.2 Å². The number of rotatable bonds is 4. The van der Waals surface area contributed by atoms with Crippen LogP contribution in [0.1, 0.15) is 40.9 Å². The summed E-state index contributed by atoms with van der Waals surface area (Å²) in [7, 11) is 0. The number of aryl methyl sites for hydroxylation is 1. The normalized spacial score (nSPS) is 11.8. The quantitative estimate of drug-likeness (QED) is 0.658. The molecule has 2 aromatic carbocycles. The van der Waals surface area contributed by atoms with E-state index in [9.17, 15) is 14.3 Å². The van der Waals surface area contributed by atoms with Crippen LogP contribution in [0.3, 0.4) is 0 Å². The molecule has 0 saturated carbocycles. The van der Waals surface area contributed by atoms with E-state index in [1.807, 2.05) is 32.1 Å². The van der Waals surface area contributed by atoms with Crippen molar-refractivity contribution < 1.29 is 14.3 Å². The summed E-state index contributed by atoms with van der Waals surface area (Å²) in [4.78, 5) is 12.0. The molecule has 124 valence electrons. The first-order valence-electron chi connectivity index (χ1n) is 7.50. The first-order chi connectivity index (χ1) is 11.4. The zero-order chi connectivity index (χ0) is 17.7. The Morgan fingerprint density at radius 1 is 1.29 bits per heavy atom. The Hall–Kier alpha value is -2.95. The van der Waals surface area contributed by atoms with Crippen molar-refractivity contribution in [3.05, 3.63) is 70.5 Å². The van der Waals surface area contributed by atoms with Crippen LogP contribution in [0.25, 0.3) is 6.08 Å². The standard InChI is InChI=1S/C19H19FN2O2/c1-4-6-16-12(2)9-10-17(18(16)23)13(3)21-22-19(24)14-7-5-8-15(20)11-14/h4-11,23H,1-3H3,(H,22,24)/b6-4-,21-13+. The van der Waals surface area contributed by atoms with Crippen LogP contribution in [0.5, 0.6) is 5.75 Å². The van der Waals surface area contributed by atoms with Crippen LogP contribution in [0, 0.1) is 12.7 Å². The molecule has 0 bridgehead atoms. The van der Waals surface area contributed by atoms with E-state index in [0.29, 0.717) is 16.8 Å². The number of hydrogen-bond donors (Lipinski definition) is 2. The highest BCUT2D eigenvalue weighted by atomic mass is 19.1. The minimum Gasteiger partial charge on any atom is -0.507 e. The smallest absolute Gasteiger partial charge is 0.271 e. The van der Waals surface area contributed by atoms with Gasteiger partial charge in [0.2, 0.25) is 0 Å². The lowest BCUT2D eigenvalue weighted by atomic mass is 10.0. The number of nitrogens with zero attached hydrogens (tertiary/aromatic N) is 1. The van der Waals surface area contributed by atoms with Crippen molar-refractivity contribution >= 4 is 17.7 Å². The van der Waals surface area contributed by atoms with Gasteiger partial charge in [0.1, 0.15) is 11.6 Å². The molecule has 0 radical (unpaired) electrons. The maximum atomic E-state index is 13.1. The van der Waals surface area contributed by atoms with E-state index < -0.39 is 11.7 Å². The first kappa shape index (κ1) is 17.4. The van der Waals surface area contributed by atoms with Gasteiger partial charge in [0, 0.05) is 16.7 Å². The molecule has 0 fully saturated rings. The zero-order valence-corrected chi connectivity index (χ0v) is 13.8. The number of phenolic OH excluding ortho intramolecular Hbond substituents is 1. The highest BCUT2D eigenvalue weighted by Gasteiger charge is 2.11. The average molecular weight is 326 g/mol. The highest BCUT2D eigenvalue weighted by Crippen LogP contribution is 2.27. The summed E-state index contributed by atoms with van der Waals surface area (Å²) in [6, 6.07) is 8.96. The molecule has 0 saturated heterocycles. The van der Waals surface area contributed by atoms with Crippen LogP contribution in [0.4, 0.5) is 4.39 Å². The molecule has 2 rings (SSSR count). The fourth-order valence-corrected chi connectivity index (χ4v) is 2.27. The van der Waals surface area contributed by atoms with Crippen molar-refractivity contribution in [3.63, 3.8) is 0 Å². The number of amides is 1. The van der Waals surface area contributed by atoms with Crippen molar-refractivity contribution in [3.8, 4) is 5.75 Å². The van der Waals surface area contributed by atoms with Gasteiger partial charge in [-0.25, -0.2) is 9.82 Å². The van der Waals surface area contributed by atoms with Gasteiger partial charge in [0.05, 0.1) is 5.71 Å². The first-order valence-corrected chi connectivity index (χ1v) is 7.50. The Morgan fingerprint density at radius 2 is 2.04 bits per heavy atom. The van der Waals surface area contributed by atoms with Gasteiger partial charge in [-0.3, -0.25) is 4.79 Å². The van der Waals surface area contributed by atoms with Gasteiger partial charge >= 0.3 is 0 Å². The van der Waals surface area contributed by atoms with Crippen molar-refractivity contribution in [1.29, 1.82) is 0 Å². The highest BCUT2D eigenvalue weighted by molar-refractivity contribution is 6.03. The van der Waals surface area contributed by atoms with E-state index >= 15 is 0 Å². The summed E-state index contributed by atoms with van der Waals surface area (Å²) in [6.07, 6.45) is 3.65. The number of aromatic hydroxyl groups is 1. The number of carbonyl (C=O) groups is 1. The molecule has 0 aliphatic heterocycles.